The van der Waals surface area contributed by atoms with Crippen molar-refractivity contribution in [3.8, 4) is 0 Å². The summed E-state index contributed by atoms with van der Waals surface area (Å²) in [6.45, 7) is 1.84. The van der Waals surface area contributed by atoms with Gasteiger partial charge in [0, 0.05) is 23.9 Å². The zero-order valence-electron chi connectivity index (χ0n) is 13.7. The minimum absolute atomic E-state index is 0.0201. The van der Waals surface area contributed by atoms with Crippen molar-refractivity contribution >= 4 is 29.0 Å². The first-order chi connectivity index (χ1) is 12.5. The third-order valence-electron chi connectivity index (χ3n) is 3.57. The maximum Gasteiger partial charge on any atom is 0.360 e. The molecular formula is C17H14N4O5. The van der Waals surface area contributed by atoms with Gasteiger partial charge in [-0.2, -0.15) is 0 Å². The Balaban J connectivity index is 1.96. The lowest BCUT2D eigenvalue weighted by Gasteiger charge is -2.07. The molecule has 1 N–H and O–H groups in total. The molecule has 0 bridgehead atoms. The van der Waals surface area contributed by atoms with E-state index in [0.717, 1.165) is 0 Å². The van der Waals surface area contributed by atoms with Gasteiger partial charge in [-0.15, -0.1) is 0 Å². The standard InChI is InChI=1S/C17H14N4O5/c1-2-26-17(23)14-15(20-10-4-3-5-13(20)18-14)19-16(22)11-6-8-12(9-7-11)21(24)25/h3-10H,2H2,1H3,(H,19,22). The van der Waals surface area contributed by atoms with Gasteiger partial charge in [-0.1, -0.05) is 6.07 Å². The summed E-state index contributed by atoms with van der Waals surface area (Å²) in [6, 6.07) is 10.3. The van der Waals surface area contributed by atoms with Gasteiger partial charge in [0.25, 0.3) is 11.6 Å². The minimum Gasteiger partial charge on any atom is -0.461 e. The van der Waals surface area contributed by atoms with Gasteiger partial charge in [0.15, 0.2) is 11.5 Å². The summed E-state index contributed by atoms with van der Waals surface area (Å²) >= 11 is 0. The first-order valence-electron chi connectivity index (χ1n) is 7.71. The van der Waals surface area contributed by atoms with Crippen molar-refractivity contribution in [3.05, 3.63) is 70.0 Å². The van der Waals surface area contributed by atoms with Crippen LogP contribution in [-0.2, 0) is 4.74 Å². The SMILES string of the molecule is CCOC(=O)c1nc2ccccn2c1NC(=O)c1ccc([N+](=O)[O-])cc1. The lowest BCUT2D eigenvalue weighted by Crippen LogP contribution is -2.17. The number of nitro groups is 1. The van der Waals surface area contributed by atoms with Crippen molar-refractivity contribution in [1.29, 1.82) is 0 Å². The van der Waals surface area contributed by atoms with E-state index in [1.54, 1.807) is 35.7 Å². The first-order valence-corrected chi connectivity index (χ1v) is 7.71. The maximum atomic E-state index is 12.5. The minimum atomic E-state index is -0.657. The molecule has 0 aliphatic carbocycles. The molecule has 0 aliphatic rings. The number of non-ortho nitro benzene ring substituents is 1. The Morgan fingerprint density at radius 2 is 1.96 bits per heavy atom. The van der Waals surface area contributed by atoms with Crippen LogP contribution in [0.2, 0.25) is 0 Å². The zero-order chi connectivity index (χ0) is 18.7. The van der Waals surface area contributed by atoms with Crippen LogP contribution in [0, 0.1) is 10.1 Å². The van der Waals surface area contributed by atoms with Gasteiger partial charge in [0.1, 0.15) is 5.65 Å². The van der Waals surface area contributed by atoms with Crippen LogP contribution in [0.1, 0.15) is 27.8 Å². The van der Waals surface area contributed by atoms with Crippen molar-refractivity contribution < 1.29 is 19.2 Å². The number of amides is 1. The second-order valence-corrected chi connectivity index (χ2v) is 5.22. The van der Waals surface area contributed by atoms with Crippen LogP contribution >= 0.6 is 0 Å². The van der Waals surface area contributed by atoms with Crippen LogP contribution in [0.25, 0.3) is 5.65 Å². The Hall–Kier alpha value is -3.75. The molecule has 9 heteroatoms. The van der Waals surface area contributed by atoms with Crippen LogP contribution in [0.4, 0.5) is 11.5 Å². The number of benzene rings is 1. The molecule has 2 heterocycles. The van der Waals surface area contributed by atoms with E-state index in [0.29, 0.717) is 5.65 Å². The number of hydrogen-bond acceptors (Lipinski definition) is 6. The van der Waals surface area contributed by atoms with Crippen LogP contribution in [-0.4, -0.2) is 32.8 Å². The van der Waals surface area contributed by atoms with Gasteiger partial charge < -0.3 is 10.1 Å². The molecule has 3 rings (SSSR count). The highest BCUT2D eigenvalue weighted by molar-refractivity contribution is 6.07. The van der Waals surface area contributed by atoms with Gasteiger partial charge in [0.2, 0.25) is 0 Å². The Kier molecular flexibility index (Phi) is 4.61. The van der Waals surface area contributed by atoms with Gasteiger partial charge in [0.05, 0.1) is 11.5 Å². The molecule has 0 unspecified atom stereocenters. The normalized spacial score (nSPS) is 10.5. The third-order valence-corrected chi connectivity index (χ3v) is 3.57. The van der Waals surface area contributed by atoms with Crippen LogP contribution < -0.4 is 5.32 Å². The topological polar surface area (TPSA) is 116 Å². The Morgan fingerprint density at radius 3 is 2.62 bits per heavy atom. The molecule has 0 aliphatic heterocycles. The molecule has 2 aromatic heterocycles. The van der Waals surface area contributed by atoms with Gasteiger partial charge >= 0.3 is 5.97 Å². The lowest BCUT2D eigenvalue weighted by molar-refractivity contribution is -0.384. The number of esters is 1. The summed E-state index contributed by atoms with van der Waals surface area (Å²) in [4.78, 5) is 39.0. The monoisotopic (exact) mass is 354 g/mol. The fourth-order valence-electron chi connectivity index (χ4n) is 2.37. The van der Waals surface area contributed by atoms with Crippen molar-refractivity contribution in [1.82, 2.24) is 9.38 Å². The number of hydrogen-bond donors (Lipinski definition) is 1. The fraction of sp³-hybridized carbons (Fsp3) is 0.118. The Labute approximate surface area is 147 Å². The van der Waals surface area contributed by atoms with E-state index in [4.69, 9.17) is 4.74 Å². The molecule has 132 valence electrons. The second-order valence-electron chi connectivity index (χ2n) is 5.22. The zero-order valence-corrected chi connectivity index (χ0v) is 13.7. The molecule has 26 heavy (non-hydrogen) atoms. The summed E-state index contributed by atoms with van der Waals surface area (Å²) in [6.07, 6.45) is 1.65. The van der Waals surface area contributed by atoms with Gasteiger partial charge in [-0.25, -0.2) is 9.78 Å². The number of carbonyl (C=O) groups excluding carboxylic acids is 2. The van der Waals surface area contributed by atoms with E-state index in [9.17, 15) is 19.7 Å². The van der Waals surface area contributed by atoms with Crippen molar-refractivity contribution in [2.24, 2.45) is 0 Å². The smallest absolute Gasteiger partial charge is 0.360 e. The fourth-order valence-corrected chi connectivity index (χ4v) is 2.37. The maximum absolute atomic E-state index is 12.5. The highest BCUT2D eigenvalue weighted by atomic mass is 16.6. The summed E-state index contributed by atoms with van der Waals surface area (Å²) in [5, 5.41) is 13.3. The number of pyridine rings is 1. The molecule has 0 saturated heterocycles. The second kappa shape index (κ2) is 7.01. The van der Waals surface area contributed by atoms with E-state index in [2.05, 4.69) is 10.3 Å². The van der Waals surface area contributed by atoms with Crippen molar-refractivity contribution in [2.75, 3.05) is 11.9 Å². The number of nitrogens with one attached hydrogen (secondary N) is 1. The molecule has 0 spiro atoms. The lowest BCUT2D eigenvalue weighted by atomic mass is 10.2. The summed E-state index contributed by atoms with van der Waals surface area (Å²) in [5.41, 5.74) is 0.530. The van der Waals surface area contributed by atoms with Crippen LogP contribution in [0.5, 0.6) is 0 Å². The summed E-state index contributed by atoms with van der Waals surface area (Å²) in [7, 11) is 0. The Bertz CT molecular complexity index is 994. The number of nitro benzene ring substituents is 1. The number of aromatic nitrogens is 2. The Morgan fingerprint density at radius 1 is 1.23 bits per heavy atom. The van der Waals surface area contributed by atoms with Gasteiger partial charge in [-0.3, -0.25) is 19.3 Å². The molecule has 1 aromatic carbocycles. The number of anilines is 1. The molecule has 3 aromatic rings. The van der Waals surface area contributed by atoms with E-state index >= 15 is 0 Å². The number of nitrogens with zero attached hydrogens (tertiary/aromatic N) is 3. The molecule has 0 radical (unpaired) electrons. The average Bonchev–Trinajstić information content (AvgIpc) is 3.01. The van der Waals surface area contributed by atoms with Crippen molar-refractivity contribution in [3.63, 3.8) is 0 Å². The number of carbonyl (C=O) groups is 2. The predicted molar refractivity (Wildman–Crippen MR) is 92.2 cm³/mol. The highest BCUT2D eigenvalue weighted by Gasteiger charge is 2.22. The van der Waals surface area contributed by atoms with E-state index in [1.165, 1.54) is 24.3 Å². The molecule has 0 atom stereocenters. The number of imidazole rings is 1. The first kappa shape index (κ1) is 17.1. The number of fused-ring (bicyclic) bond motifs is 1. The van der Waals surface area contributed by atoms with E-state index < -0.39 is 16.8 Å². The summed E-state index contributed by atoms with van der Waals surface area (Å²) in [5.74, 6) is -1.02. The van der Waals surface area contributed by atoms with Crippen LogP contribution in [0.15, 0.2) is 48.7 Å². The van der Waals surface area contributed by atoms with E-state index in [-0.39, 0.29) is 29.4 Å². The molecule has 1 amide bonds. The van der Waals surface area contributed by atoms with Crippen molar-refractivity contribution in [2.45, 2.75) is 6.92 Å². The number of ether oxygens (including phenoxy) is 1. The number of rotatable bonds is 5. The molecular weight excluding hydrogens is 340 g/mol. The quantitative estimate of drug-likeness (QED) is 0.428. The predicted octanol–water partition coefficient (Wildman–Crippen LogP) is 2.67. The molecule has 0 fully saturated rings. The van der Waals surface area contributed by atoms with Gasteiger partial charge in [-0.05, 0) is 31.2 Å². The highest BCUT2D eigenvalue weighted by Crippen LogP contribution is 2.21. The molecule has 0 saturated carbocycles. The third kappa shape index (κ3) is 3.22. The molecule has 9 nitrogen and oxygen atoms in total. The average molecular weight is 354 g/mol. The largest absolute Gasteiger partial charge is 0.461 e. The van der Waals surface area contributed by atoms with Crippen LogP contribution in [0.3, 0.4) is 0 Å². The van der Waals surface area contributed by atoms with E-state index in [1.807, 2.05) is 0 Å². The summed E-state index contributed by atoms with van der Waals surface area (Å²) < 4.78 is 6.54.